The Morgan fingerprint density at radius 2 is 1.91 bits per heavy atom. The van der Waals surface area contributed by atoms with Crippen molar-refractivity contribution in [2.45, 2.75) is 45.8 Å². The van der Waals surface area contributed by atoms with Gasteiger partial charge in [0.2, 0.25) is 5.91 Å². The van der Waals surface area contributed by atoms with Crippen LogP contribution < -0.4 is 10.1 Å². The van der Waals surface area contributed by atoms with Gasteiger partial charge in [0.05, 0.1) is 31.2 Å². The molecule has 0 radical (unpaired) electrons. The maximum absolute atomic E-state index is 13.7. The predicted octanol–water partition coefficient (Wildman–Crippen LogP) is 3.62. The number of amides is 2. The molecule has 1 N–H and O–H groups in total. The van der Waals surface area contributed by atoms with Crippen LogP contribution in [-0.2, 0) is 17.9 Å². The first-order chi connectivity index (χ1) is 15.3. The topological polar surface area (TPSA) is 76.5 Å². The van der Waals surface area contributed by atoms with E-state index in [9.17, 15) is 9.59 Å². The zero-order valence-electron chi connectivity index (χ0n) is 19.1. The summed E-state index contributed by atoms with van der Waals surface area (Å²) in [5.41, 5.74) is 1.37. The quantitative estimate of drug-likeness (QED) is 0.616. The first-order valence-corrected chi connectivity index (χ1v) is 11.0. The molecule has 3 aromatic rings. The second-order valence-electron chi connectivity index (χ2n) is 8.93. The summed E-state index contributed by atoms with van der Waals surface area (Å²) in [4.78, 5) is 33.4. The van der Waals surface area contributed by atoms with E-state index >= 15 is 0 Å². The number of methoxy groups -OCH3 is 1. The van der Waals surface area contributed by atoms with Gasteiger partial charge in [0, 0.05) is 12.1 Å². The molecule has 0 bridgehead atoms. The lowest BCUT2D eigenvalue weighted by molar-refractivity contribution is -0.133. The first-order valence-electron chi connectivity index (χ1n) is 11.0. The highest BCUT2D eigenvalue weighted by molar-refractivity contribution is 6.01. The van der Waals surface area contributed by atoms with E-state index in [1.165, 1.54) is 0 Å². The monoisotopic (exact) mass is 434 g/mol. The number of carbonyl (C=O) groups excluding carboxylic acids is 2. The van der Waals surface area contributed by atoms with Crippen LogP contribution >= 0.6 is 0 Å². The summed E-state index contributed by atoms with van der Waals surface area (Å²) in [7, 11) is 1.61. The average Bonchev–Trinajstić information content (AvgIpc) is 3.15. The van der Waals surface area contributed by atoms with Crippen LogP contribution in [0.4, 0.5) is 0 Å². The van der Waals surface area contributed by atoms with Crippen LogP contribution in [0.25, 0.3) is 11.0 Å². The second-order valence-corrected chi connectivity index (χ2v) is 8.93. The van der Waals surface area contributed by atoms with E-state index in [4.69, 9.17) is 4.74 Å². The van der Waals surface area contributed by atoms with Crippen LogP contribution in [0.2, 0.25) is 0 Å². The van der Waals surface area contributed by atoms with Crippen LogP contribution in [0.5, 0.6) is 5.75 Å². The van der Waals surface area contributed by atoms with Gasteiger partial charge < -0.3 is 19.5 Å². The van der Waals surface area contributed by atoms with Crippen molar-refractivity contribution in [1.82, 2.24) is 19.8 Å². The fourth-order valence-electron chi connectivity index (χ4n) is 4.25. The molecular formula is C25H30N4O3. The highest BCUT2D eigenvalue weighted by Crippen LogP contribution is 2.33. The lowest BCUT2D eigenvalue weighted by Gasteiger charge is -2.43. The molecule has 4 rings (SSSR count). The maximum Gasteiger partial charge on any atom is 0.291 e. The van der Waals surface area contributed by atoms with Crippen molar-refractivity contribution < 1.29 is 14.3 Å². The molecule has 2 aromatic carbocycles. The maximum atomic E-state index is 13.7. The smallest absolute Gasteiger partial charge is 0.291 e. The Kier molecular flexibility index (Phi) is 5.91. The number of hydrogen-bond acceptors (Lipinski definition) is 4. The number of nitrogens with one attached hydrogen (secondary N) is 1. The molecule has 2 heterocycles. The van der Waals surface area contributed by atoms with Gasteiger partial charge in [-0.2, -0.15) is 0 Å². The van der Waals surface area contributed by atoms with E-state index in [1.807, 2.05) is 60.0 Å². The number of para-hydroxylation sites is 3. The fourth-order valence-corrected chi connectivity index (χ4v) is 4.25. The number of fused-ring (bicyclic) bond motifs is 3. The number of carbonyl (C=O) groups is 2. The molecule has 0 saturated carbocycles. The second kappa shape index (κ2) is 8.65. The van der Waals surface area contributed by atoms with Gasteiger partial charge in [0.15, 0.2) is 5.82 Å². The molecule has 0 aliphatic carbocycles. The molecule has 0 spiro atoms. The van der Waals surface area contributed by atoms with E-state index in [0.717, 1.165) is 23.0 Å². The molecule has 0 fully saturated rings. The average molecular weight is 435 g/mol. The van der Waals surface area contributed by atoms with Crippen molar-refractivity contribution in [2.75, 3.05) is 13.7 Å². The van der Waals surface area contributed by atoms with Crippen LogP contribution in [0, 0.1) is 5.92 Å². The van der Waals surface area contributed by atoms with E-state index in [-0.39, 0.29) is 18.4 Å². The number of benzene rings is 2. The molecule has 2 amide bonds. The van der Waals surface area contributed by atoms with Crippen LogP contribution in [0.1, 0.15) is 43.4 Å². The molecule has 1 unspecified atom stereocenters. The van der Waals surface area contributed by atoms with Crippen molar-refractivity contribution in [3.05, 3.63) is 59.9 Å². The Hall–Kier alpha value is -3.35. The standard InChI is InChI=1S/C25H30N4O3/c1-17(2)13-14-26-24(31)25(3)16-28-20-11-7-6-10-19(20)27-22(28)23(30)29(25)15-18-9-5-8-12-21(18)32-4/h5-12,17H,13-16H2,1-4H3,(H,26,31). The summed E-state index contributed by atoms with van der Waals surface area (Å²) < 4.78 is 7.37. The van der Waals surface area contributed by atoms with Crippen molar-refractivity contribution in [3.8, 4) is 5.75 Å². The van der Waals surface area contributed by atoms with Gasteiger partial charge in [-0.25, -0.2) is 4.98 Å². The Balaban J connectivity index is 1.76. The predicted molar refractivity (Wildman–Crippen MR) is 123 cm³/mol. The minimum atomic E-state index is -1.08. The number of ether oxygens (including phenoxy) is 1. The molecule has 1 atom stereocenters. The van der Waals surface area contributed by atoms with Gasteiger partial charge in [-0.1, -0.05) is 44.2 Å². The molecule has 7 heteroatoms. The van der Waals surface area contributed by atoms with Gasteiger partial charge in [-0.15, -0.1) is 0 Å². The molecule has 7 nitrogen and oxygen atoms in total. The van der Waals surface area contributed by atoms with Gasteiger partial charge in [0.25, 0.3) is 5.91 Å². The summed E-state index contributed by atoms with van der Waals surface area (Å²) in [5.74, 6) is 1.09. The number of rotatable bonds is 7. The molecule has 1 aliphatic heterocycles. The molecule has 168 valence electrons. The number of hydrogen-bond donors (Lipinski definition) is 1. The van der Waals surface area contributed by atoms with E-state index in [2.05, 4.69) is 24.1 Å². The van der Waals surface area contributed by atoms with Crippen LogP contribution in [0.15, 0.2) is 48.5 Å². The summed E-state index contributed by atoms with van der Waals surface area (Å²) in [5, 5.41) is 3.06. The van der Waals surface area contributed by atoms with E-state index in [1.54, 1.807) is 12.0 Å². The van der Waals surface area contributed by atoms with Gasteiger partial charge in [0.1, 0.15) is 11.3 Å². The third-order valence-corrected chi connectivity index (χ3v) is 6.17. The lowest BCUT2D eigenvalue weighted by Crippen LogP contribution is -2.63. The van der Waals surface area contributed by atoms with Crippen molar-refractivity contribution in [3.63, 3.8) is 0 Å². The summed E-state index contributed by atoms with van der Waals surface area (Å²) >= 11 is 0. The fraction of sp³-hybridized carbons (Fsp3) is 0.400. The Labute approximate surface area is 188 Å². The van der Waals surface area contributed by atoms with Crippen LogP contribution in [-0.4, -0.2) is 45.5 Å². The summed E-state index contributed by atoms with van der Waals surface area (Å²) in [6.45, 7) is 7.23. The van der Waals surface area contributed by atoms with Crippen molar-refractivity contribution in [1.29, 1.82) is 0 Å². The highest BCUT2D eigenvalue weighted by Gasteiger charge is 2.48. The Morgan fingerprint density at radius 3 is 2.66 bits per heavy atom. The highest BCUT2D eigenvalue weighted by atomic mass is 16.5. The minimum Gasteiger partial charge on any atom is -0.496 e. The minimum absolute atomic E-state index is 0.162. The molecule has 0 saturated heterocycles. The Morgan fingerprint density at radius 1 is 1.19 bits per heavy atom. The van der Waals surface area contributed by atoms with Crippen LogP contribution in [0.3, 0.4) is 0 Å². The van der Waals surface area contributed by atoms with Gasteiger partial charge in [-0.3, -0.25) is 9.59 Å². The summed E-state index contributed by atoms with van der Waals surface area (Å²) in [6, 6.07) is 15.2. The largest absolute Gasteiger partial charge is 0.496 e. The zero-order valence-corrected chi connectivity index (χ0v) is 19.1. The zero-order chi connectivity index (χ0) is 22.9. The lowest BCUT2D eigenvalue weighted by atomic mass is 9.94. The first kappa shape index (κ1) is 21.9. The third kappa shape index (κ3) is 3.83. The summed E-state index contributed by atoms with van der Waals surface area (Å²) in [6.07, 6.45) is 0.877. The van der Waals surface area contributed by atoms with E-state index < -0.39 is 5.54 Å². The molecule has 1 aliphatic rings. The number of nitrogens with zero attached hydrogens (tertiary/aromatic N) is 3. The molecule has 1 aromatic heterocycles. The van der Waals surface area contributed by atoms with E-state index in [0.29, 0.717) is 30.6 Å². The van der Waals surface area contributed by atoms with Crippen molar-refractivity contribution in [2.24, 2.45) is 5.92 Å². The van der Waals surface area contributed by atoms with Gasteiger partial charge >= 0.3 is 0 Å². The van der Waals surface area contributed by atoms with Crippen molar-refractivity contribution >= 4 is 22.8 Å². The SMILES string of the molecule is COc1ccccc1CN1C(=O)c2nc3ccccc3n2CC1(C)C(=O)NCCC(C)C. The molecular weight excluding hydrogens is 404 g/mol. The number of imidazole rings is 1. The van der Waals surface area contributed by atoms with Gasteiger partial charge in [-0.05, 0) is 37.5 Å². The Bertz CT molecular complexity index is 1150. The number of aromatic nitrogens is 2. The molecule has 32 heavy (non-hydrogen) atoms. The third-order valence-electron chi connectivity index (χ3n) is 6.17. The normalized spacial score (nSPS) is 18.2.